The monoisotopic (exact) mass is 523 g/mol. The lowest BCUT2D eigenvalue weighted by molar-refractivity contribution is -0.146. The Kier molecular flexibility index (Phi) is 7.62. The van der Waals surface area contributed by atoms with E-state index in [-0.39, 0.29) is 24.0 Å². The molecule has 4 rings (SSSR count). The molecule has 7 nitrogen and oxygen atoms in total. The second-order valence-electron chi connectivity index (χ2n) is 11.5. The summed E-state index contributed by atoms with van der Waals surface area (Å²) in [7, 11) is -2.19. The van der Waals surface area contributed by atoms with Gasteiger partial charge in [-0.2, -0.15) is 0 Å². The first kappa shape index (κ1) is 27.1. The van der Waals surface area contributed by atoms with Crippen molar-refractivity contribution in [2.24, 2.45) is 5.92 Å². The van der Waals surface area contributed by atoms with Gasteiger partial charge in [0.25, 0.3) is 0 Å². The molecule has 0 radical (unpaired) electrons. The van der Waals surface area contributed by atoms with E-state index < -0.39 is 50.5 Å². The van der Waals surface area contributed by atoms with Gasteiger partial charge in [-0.1, -0.05) is 81.4 Å². The molecule has 0 bridgehead atoms. The zero-order valence-corrected chi connectivity index (χ0v) is 23.5. The molecule has 2 aromatic rings. The van der Waals surface area contributed by atoms with Crippen LogP contribution < -0.4 is 0 Å². The van der Waals surface area contributed by atoms with E-state index in [1.165, 1.54) is 4.90 Å². The summed E-state index contributed by atoms with van der Waals surface area (Å²) < 4.78 is 17.6. The van der Waals surface area contributed by atoms with Crippen LogP contribution in [-0.2, 0) is 23.5 Å². The predicted molar refractivity (Wildman–Crippen MR) is 142 cm³/mol. The van der Waals surface area contributed by atoms with Crippen LogP contribution in [0, 0.1) is 5.92 Å². The Morgan fingerprint density at radius 2 is 1.54 bits per heavy atom. The van der Waals surface area contributed by atoms with Gasteiger partial charge in [0, 0.05) is 5.92 Å². The summed E-state index contributed by atoms with van der Waals surface area (Å²) in [5.41, 5.74) is 1.94. The Morgan fingerprint density at radius 1 is 1.00 bits per heavy atom. The summed E-state index contributed by atoms with van der Waals surface area (Å²) in [6, 6.07) is 19.0. The maximum Gasteiger partial charge on any atom is 0.417 e. The fourth-order valence-electron chi connectivity index (χ4n) is 5.01. The zero-order valence-electron chi connectivity index (χ0n) is 22.5. The molecule has 2 saturated heterocycles. The van der Waals surface area contributed by atoms with Crippen LogP contribution in [0.3, 0.4) is 0 Å². The van der Waals surface area contributed by atoms with Crippen molar-refractivity contribution in [1.29, 1.82) is 0 Å². The highest BCUT2D eigenvalue weighted by atomic mass is 28.4. The average molecular weight is 524 g/mol. The van der Waals surface area contributed by atoms with Crippen LogP contribution in [-0.4, -0.2) is 56.0 Å². The van der Waals surface area contributed by atoms with Crippen molar-refractivity contribution in [2.75, 3.05) is 6.61 Å². The van der Waals surface area contributed by atoms with Crippen molar-refractivity contribution in [3.63, 3.8) is 0 Å². The Bertz CT molecular complexity index is 1090. The number of rotatable bonds is 7. The minimum Gasteiger partial charge on any atom is -0.459 e. The first-order valence-electron chi connectivity index (χ1n) is 12.9. The number of amides is 2. The van der Waals surface area contributed by atoms with Gasteiger partial charge in [-0.15, -0.1) is 0 Å². The number of carbonyl (C=O) groups is 3. The molecule has 0 N–H and O–H groups in total. The first-order valence-corrected chi connectivity index (χ1v) is 15.8. The van der Waals surface area contributed by atoms with Crippen molar-refractivity contribution in [2.45, 2.75) is 76.4 Å². The van der Waals surface area contributed by atoms with E-state index >= 15 is 0 Å². The van der Waals surface area contributed by atoms with Gasteiger partial charge < -0.3 is 13.9 Å². The van der Waals surface area contributed by atoms with Gasteiger partial charge in [0.15, 0.2) is 8.32 Å². The Hall–Kier alpha value is -2.97. The van der Waals surface area contributed by atoms with Crippen LogP contribution in [0.15, 0.2) is 60.7 Å². The average Bonchev–Trinajstić information content (AvgIpc) is 3.42. The molecule has 8 heteroatoms. The summed E-state index contributed by atoms with van der Waals surface area (Å²) in [5, 5.41) is -0.0498. The highest BCUT2D eigenvalue weighted by Gasteiger charge is 2.52. The summed E-state index contributed by atoms with van der Waals surface area (Å²) in [6.07, 6.45) is -2.04. The molecule has 2 aliphatic rings. The molecule has 2 heterocycles. The summed E-state index contributed by atoms with van der Waals surface area (Å²) in [5.74, 6) is -2.02. The largest absolute Gasteiger partial charge is 0.459 e. The maximum atomic E-state index is 14.0. The van der Waals surface area contributed by atoms with Gasteiger partial charge in [0.05, 0.1) is 24.5 Å². The molecule has 0 spiro atoms. The number of imide groups is 1. The molecule has 0 unspecified atom stereocenters. The van der Waals surface area contributed by atoms with E-state index in [0.717, 1.165) is 11.1 Å². The number of esters is 1. The predicted octanol–water partition coefficient (Wildman–Crippen LogP) is 5.51. The molecule has 0 aromatic heterocycles. The van der Waals surface area contributed by atoms with Gasteiger partial charge in [-0.25, -0.2) is 9.69 Å². The van der Waals surface area contributed by atoms with E-state index in [4.69, 9.17) is 13.9 Å². The van der Waals surface area contributed by atoms with Crippen LogP contribution in [0.4, 0.5) is 4.79 Å². The van der Waals surface area contributed by atoms with Crippen LogP contribution in [0.1, 0.15) is 51.2 Å². The standard InChI is InChI=1S/C29H37NO6Si/c1-19(36-37(5,6)29(2,3)4)26-22(17-24(31)35-26)27(32)30-23(18-34-28(30)33)25(20-13-9-7-10-14-20)21-15-11-8-12-16-21/h7-16,19,22-23,25-26H,17-18H2,1-6H3/t19-,22-,23-,26+/m0/s1. The molecule has 0 saturated carbocycles. The number of hydrogen-bond donors (Lipinski definition) is 0. The van der Waals surface area contributed by atoms with Crippen molar-refractivity contribution < 1.29 is 28.3 Å². The molecule has 4 atom stereocenters. The quantitative estimate of drug-likeness (QED) is 0.352. The van der Waals surface area contributed by atoms with E-state index in [1.54, 1.807) is 0 Å². The van der Waals surface area contributed by atoms with Crippen molar-refractivity contribution in [3.05, 3.63) is 71.8 Å². The van der Waals surface area contributed by atoms with Crippen LogP contribution in [0.5, 0.6) is 0 Å². The maximum absolute atomic E-state index is 14.0. The van der Waals surface area contributed by atoms with Gasteiger partial charge in [0.2, 0.25) is 5.91 Å². The minimum absolute atomic E-state index is 0.0498. The molecule has 2 aromatic carbocycles. The third-order valence-corrected chi connectivity index (χ3v) is 12.5. The summed E-state index contributed by atoms with van der Waals surface area (Å²) in [6.45, 7) is 12.6. The lowest BCUT2D eigenvalue weighted by atomic mass is 9.84. The van der Waals surface area contributed by atoms with E-state index in [0.29, 0.717) is 0 Å². The molecule has 2 aliphatic heterocycles. The fourth-order valence-corrected chi connectivity index (χ4v) is 6.43. The topological polar surface area (TPSA) is 82.1 Å². The third-order valence-electron chi connectivity index (χ3n) is 7.96. The first-order chi connectivity index (χ1) is 17.4. The molecule has 2 fully saturated rings. The van der Waals surface area contributed by atoms with E-state index in [1.807, 2.05) is 67.6 Å². The zero-order chi connectivity index (χ0) is 27.0. The van der Waals surface area contributed by atoms with Crippen LogP contribution >= 0.6 is 0 Å². The lowest BCUT2D eigenvalue weighted by Crippen LogP contribution is -2.51. The van der Waals surface area contributed by atoms with Gasteiger partial charge >= 0.3 is 12.1 Å². The number of ether oxygens (including phenoxy) is 2. The van der Waals surface area contributed by atoms with Crippen molar-refractivity contribution in [3.8, 4) is 0 Å². The molecule has 198 valence electrons. The highest BCUT2D eigenvalue weighted by Crippen LogP contribution is 2.40. The Morgan fingerprint density at radius 3 is 2.05 bits per heavy atom. The molecule has 37 heavy (non-hydrogen) atoms. The smallest absolute Gasteiger partial charge is 0.417 e. The molecule has 2 amide bonds. The van der Waals surface area contributed by atoms with Gasteiger partial charge in [-0.05, 0) is 36.2 Å². The normalized spacial score (nSPS) is 23.2. The van der Waals surface area contributed by atoms with Crippen LogP contribution in [0.25, 0.3) is 0 Å². The molecule has 0 aliphatic carbocycles. The number of hydrogen-bond acceptors (Lipinski definition) is 6. The number of benzene rings is 2. The number of nitrogens with zero attached hydrogens (tertiary/aromatic N) is 1. The second kappa shape index (κ2) is 10.4. The Labute approximate surface area is 220 Å². The van der Waals surface area contributed by atoms with Crippen molar-refractivity contribution >= 4 is 26.3 Å². The van der Waals surface area contributed by atoms with Gasteiger partial charge in [0.1, 0.15) is 12.7 Å². The fraction of sp³-hybridized carbons (Fsp3) is 0.483. The van der Waals surface area contributed by atoms with Crippen molar-refractivity contribution in [1.82, 2.24) is 4.90 Å². The van der Waals surface area contributed by atoms with Crippen LogP contribution in [0.2, 0.25) is 18.1 Å². The van der Waals surface area contributed by atoms with Gasteiger partial charge in [-0.3, -0.25) is 9.59 Å². The minimum atomic E-state index is -2.19. The second-order valence-corrected chi connectivity index (χ2v) is 16.3. The lowest BCUT2D eigenvalue weighted by Gasteiger charge is -2.40. The SMILES string of the molecule is C[C@H](O[Si](C)(C)C(C)(C)C)[C@H]1OC(=O)C[C@@H]1C(=O)N1C(=O)OC[C@H]1C(c1ccccc1)c1ccccc1. The van der Waals surface area contributed by atoms with E-state index in [2.05, 4.69) is 33.9 Å². The summed E-state index contributed by atoms with van der Waals surface area (Å²) >= 11 is 0. The molecular weight excluding hydrogens is 486 g/mol. The van der Waals surface area contributed by atoms with E-state index in [9.17, 15) is 14.4 Å². The number of cyclic esters (lactones) is 2. The third kappa shape index (κ3) is 5.50. The summed E-state index contributed by atoms with van der Waals surface area (Å²) in [4.78, 5) is 40.7. The highest BCUT2D eigenvalue weighted by molar-refractivity contribution is 6.74. The Balaban J connectivity index is 1.65. The molecular formula is C29H37NO6Si. The number of carbonyl (C=O) groups excluding carboxylic acids is 3.